The predicted molar refractivity (Wildman–Crippen MR) is 94.8 cm³/mol. The largest absolute Gasteiger partial charge is 0.495 e. The summed E-state index contributed by atoms with van der Waals surface area (Å²) in [5, 5.41) is 2.87. The van der Waals surface area contributed by atoms with Gasteiger partial charge in [-0.05, 0) is 61.9 Å². The molecule has 0 radical (unpaired) electrons. The highest BCUT2D eigenvalue weighted by atomic mass is 16.5. The Morgan fingerprint density at radius 2 is 1.79 bits per heavy atom. The van der Waals surface area contributed by atoms with E-state index < -0.39 is 6.10 Å². The van der Waals surface area contributed by atoms with Gasteiger partial charge in [-0.1, -0.05) is 24.3 Å². The normalized spacial score (nSPS) is 14.4. The second kappa shape index (κ2) is 7.39. The maximum Gasteiger partial charge on any atom is 0.265 e. The molecule has 24 heavy (non-hydrogen) atoms. The summed E-state index contributed by atoms with van der Waals surface area (Å²) in [6.07, 6.45) is 3.93. The molecule has 0 heterocycles. The van der Waals surface area contributed by atoms with Gasteiger partial charge in [0.2, 0.25) is 0 Å². The Kier molecular flexibility index (Phi) is 5.04. The first-order valence-corrected chi connectivity index (χ1v) is 8.40. The van der Waals surface area contributed by atoms with Gasteiger partial charge in [-0.15, -0.1) is 0 Å². The van der Waals surface area contributed by atoms with Crippen LogP contribution in [0.5, 0.6) is 11.5 Å². The highest BCUT2D eigenvalue weighted by Crippen LogP contribution is 2.30. The minimum absolute atomic E-state index is 0.187. The van der Waals surface area contributed by atoms with Gasteiger partial charge in [-0.2, -0.15) is 0 Å². The zero-order valence-electron chi connectivity index (χ0n) is 14.2. The number of hydrogen-bond donors (Lipinski definition) is 1. The van der Waals surface area contributed by atoms with Crippen LogP contribution in [0.2, 0.25) is 0 Å². The number of carbonyl (C=O) groups is 1. The van der Waals surface area contributed by atoms with E-state index in [0.717, 1.165) is 18.6 Å². The van der Waals surface area contributed by atoms with Crippen molar-refractivity contribution in [2.45, 2.75) is 38.7 Å². The molecule has 126 valence electrons. The van der Waals surface area contributed by atoms with Crippen LogP contribution < -0.4 is 14.8 Å². The predicted octanol–water partition coefficient (Wildman–Crippen LogP) is 3.98. The number of amides is 1. The molecule has 0 bridgehead atoms. The topological polar surface area (TPSA) is 47.6 Å². The minimum atomic E-state index is -0.580. The van der Waals surface area contributed by atoms with Gasteiger partial charge < -0.3 is 14.8 Å². The molecule has 1 atom stereocenters. The molecule has 4 nitrogen and oxygen atoms in total. The zero-order valence-corrected chi connectivity index (χ0v) is 14.2. The van der Waals surface area contributed by atoms with Gasteiger partial charge >= 0.3 is 0 Å². The molecule has 0 saturated carbocycles. The van der Waals surface area contributed by atoms with Crippen LogP contribution in [0.4, 0.5) is 5.69 Å². The minimum Gasteiger partial charge on any atom is -0.495 e. The fourth-order valence-corrected chi connectivity index (χ4v) is 3.08. The second-order valence-corrected chi connectivity index (χ2v) is 6.05. The highest BCUT2D eigenvalue weighted by molar-refractivity contribution is 5.95. The maximum absolute atomic E-state index is 12.5. The van der Waals surface area contributed by atoms with Gasteiger partial charge in [0.05, 0.1) is 12.8 Å². The molecule has 0 aliphatic heterocycles. The first kappa shape index (κ1) is 16.4. The van der Waals surface area contributed by atoms with Crippen LogP contribution in [-0.2, 0) is 17.6 Å². The van der Waals surface area contributed by atoms with Crippen molar-refractivity contribution in [1.29, 1.82) is 0 Å². The molecule has 1 aliphatic rings. The van der Waals surface area contributed by atoms with Gasteiger partial charge in [-0.3, -0.25) is 4.79 Å². The molecule has 0 aromatic heterocycles. The molecule has 4 heteroatoms. The van der Waals surface area contributed by atoms with Crippen LogP contribution in [-0.4, -0.2) is 19.1 Å². The average Bonchev–Trinajstić information content (AvgIpc) is 2.62. The third-order valence-electron chi connectivity index (χ3n) is 4.39. The Bertz CT molecular complexity index is 727. The third kappa shape index (κ3) is 3.53. The van der Waals surface area contributed by atoms with Crippen LogP contribution in [0.1, 0.15) is 30.9 Å². The Morgan fingerprint density at radius 1 is 1.04 bits per heavy atom. The van der Waals surface area contributed by atoms with Crippen LogP contribution in [0.15, 0.2) is 42.5 Å². The van der Waals surface area contributed by atoms with Crippen LogP contribution >= 0.6 is 0 Å². The molecule has 3 rings (SSSR count). The van der Waals surface area contributed by atoms with Gasteiger partial charge in [0.25, 0.3) is 5.91 Å². The number of aryl methyl sites for hydroxylation is 1. The Hall–Kier alpha value is -2.49. The molecular weight excluding hydrogens is 302 g/mol. The number of fused-ring (bicyclic) bond motifs is 1. The molecule has 0 fully saturated rings. The summed E-state index contributed by atoms with van der Waals surface area (Å²) in [5.74, 6) is 1.28. The summed E-state index contributed by atoms with van der Waals surface area (Å²) < 4.78 is 11.2. The summed E-state index contributed by atoms with van der Waals surface area (Å²) >= 11 is 0. The second-order valence-electron chi connectivity index (χ2n) is 6.05. The van der Waals surface area contributed by atoms with E-state index in [0.29, 0.717) is 11.4 Å². The lowest BCUT2D eigenvalue weighted by molar-refractivity contribution is -0.122. The van der Waals surface area contributed by atoms with Crippen molar-refractivity contribution >= 4 is 11.6 Å². The summed E-state index contributed by atoms with van der Waals surface area (Å²) in [4.78, 5) is 12.5. The van der Waals surface area contributed by atoms with Crippen LogP contribution in [0.3, 0.4) is 0 Å². The van der Waals surface area contributed by atoms with E-state index in [1.54, 1.807) is 14.0 Å². The number of anilines is 1. The van der Waals surface area contributed by atoms with Crippen LogP contribution in [0.25, 0.3) is 0 Å². The summed E-state index contributed by atoms with van der Waals surface area (Å²) in [6, 6.07) is 13.5. The Labute approximate surface area is 142 Å². The number of para-hydroxylation sites is 2. The van der Waals surface area contributed by atoms with Crippen molar-refractivity contribution in [3.05, 3.63) is 53.6 Å². The van der Waals surface area contributed by atoms with Crippen molar-refractivity contribution in [2.24, 2.45) is 0 Å². The molecular formula is C20H23NO3. The molecule has 0 saturated heterocycles. The van der Waals surface area contributed by atoms with Crippen molar-refractivity contribution < 1.29 is 14.3 Å². The Balaban J connectivity index is 1.71. The Morgan fingerprint density at radius 3 is 2.62 bits per heavy atom. The maximum atomic E-state index is 12.5. The van der Waals surface area contributed by atoms with Gasteiger partial charge in [0, 0.05) is 0 Å². The standard InChI is InChI=1S/C20H23NO3/c1-14(20(22)21-17-11-5-6-12-19(17)23-2)24-18-13-7-9-15-8-3-4-10-16(15)18/h5-7,9,11-14H,3-4,8,10H2,1-2H3,(H,21,22)/t14-/m0/s1. The third-order valence-corrected chi connectivity index (χ3v) is 4.39. The fourth-order valence-electron chi connectivity index (χ4n) is 3.08. The lowest BCUT2D eigenvalue weighted by Crippen LogP contribution is -2.30. The van der Waals surface area contributed by atoms with Crippen molar-refractivity contribution in [3.63, 3.8) is 0 Å². The average molecular weight is 325 g/mol. The molecule has 2 aromatic rings. The molecule has 1 amide bonds. The number of benzene rings is 2. The van der Waals surface area contributed by atoms with E-state index in [1.807, 2.05) is 36.4 Å². The molecule has 1 aliphatic carbocycles. The number of rotatable bonds is 5. The summed E-state index contributed by atoms with van der Waals surface area (Å²) in [6.45, 7) is 1.77. The van der Waals surface area contributed by atoms with Gasteiger partial charge in [-0.25, -0.2) is 0 Å². The van der Waals surface area contributed by atoms with Crippen molar-refractivity contribution in [3.8, 4) is 11.5 Å². The van der Waals surface area contributed by atoms with E-state index in [1.165, 1.54) is 24.0 Å². The van der Waals surface area contributed by atoms with E-state index in [-0.39, 0.29) is 5.91 Å². The zero-order chi connectivity index (χ0) is 16.9. The molecule has 0 spiro atoms. The quantitative estimate of drug-likeness (QED) is 0.904. The van der Waals surface area contributed by atoms with Crippen LogP contribution in [0, 0.1) is 0 Å². The smallest absolute Gasteiger partial charge is 0.265 e. The summed E-state index contributed by atoms with van der Waals surface area (Å²) in [7, 11) is 1.58. The molecule has 2 aromatic carbocycles. The first-order chi connectivity index (χ1) is 11.7. The lowest BCUT2D eigenvalue weighted by Gasteiger charge is -2.22. The van der Waals surface area contributed by atoms with Gasteiger partial charge in [0.15, 0.2) is 6.10 Å². The highest BCUT2D eigenvalue weighted by Gasteiger charge is 2.20. The SMILES string of the molecule is COc1ccccc1NC(=O)[C@H](C)Oc1cccc2c1CCCC2. The monoisotopic (exact) mass is 325 g/mol. The van der Waals surface area contributed by atoms with E-state index in [9.17, 15) is 4.79 Å². The molecule has 1 N–H and O–H groups in total. The lowest BCUT2D eigenvalue weighted by atomic mass is 9.91. The number of carbonyl (C=O) groups excluding carboxylic acids is 1. The number of methoxy groups -OCH3 is 1. The first-order valence-electron chi connectivity index (χ1n) is 8.40. The molecule has 0 unspecified atom stereocenters. The van der Waals surface area contributed by atoms with Gasteiger partial charge in [0.1, 0.15) is 11.5 Å². The van der Waals surface area contributed by atoms with E-state index in [4.69, 9.17) is 9.47 Å². The summed E-state index contributed by atoms with van der Waals surface area (Å²) in [5.41, 5.74) is 3.24. The van der Waals surface area contributed by atoms with E-state index >= 15 is 0 Å². The van der Waals surface area contributed by atoms with Crippen molar-refractivity contribution in [1.82, 2.24) is 0 Å². The number of hydrogen-bond acceptors (Lipinski definition) is 3. The van der Waals surface area contributed by atoms with E-state index in [2.05, 4.69) is 11.4 Å². The number of nitrogens with one attached hydrogen (secondary N) is 1. The number of ether oxygens (including phenoxy) is 2. The van der Waals surface area contributed by atoms with Crippen molar-refractivity contribution in [2.75, 3.05) is 12.4 Å². The fraction of sp³-hybridized carbons (Fsp3) is 0.350.